The molecule has 2 aromatic carbocycles. The van der Waals surface area contributed by atoms with E-state index < -0.39 is 10.0 Å². The maximum atomic E-state index is 13.3. The van der Waals surface area contributed by atoms with Crippen LogP contribution in [0.1, 0.15) is 41.8 Å². The third-order valence-corrected chi connectivity index (χ3v) is 7.53. The van der Waals surface area contributed by atoms with Gasteiger partial charge >= 0.3 is 0 Å². The largest absolute Gasteiger partial charge is 0.308 e. The SMILES string of the molecule is Cc1ccc2c(c1)CCCN2C(=O)c1cc(S(=O)(=O)N(C)C(C)C)ccc1Cl. The number of amides is 1. The third-order valence-electron chi connectivity index (χ3n) is 5.17. The molecule has 1 aliphatic rings. The van der Waals surface area contributed by atoms with E-state index in [9.17, 15) is 13.2 Å². The van der Waals surface area contributed by atoms with Crippen LogP contribution in [-0.4, -0.2) is 38.3 Å². The predicted molar refractivity (Wildman–Crippen MR) is 113 cm³/mol. The van der Waals surface area contributed by atoms with E-state index in [1.165, 1.54) is 29.6 Å². The molecule has 0 atom stereocenters. The first-order chi connectivity index (χ1) is 13.1. The number of carbonyl (C=O) groups excluding carboxylic acids is 1. The zero-order valence-electron chi connectivity index (χ0n) is 16.6. The van der Waals surface area contributed by atoms with Gasteiger partial charge in [-0.3, -0.25) is 4.79 Å². The fourth-order valence-corrected chi connectivity index (χ4v) is 4.95. The van der Waals surface area contributed by atoms with Crippen molar-refractivity contribution >= 4 is 33.2 Å². The first kappa shape index (κ1) is 20.8. The molecule has 7 heteroatoms. The highest BCUT2D eigenvalue weighted by Gasteiger charge is 2.28. The first-order valence-electron chi connectivity index (χ1n) is 9.32. The number of aryl methyl sites for hydroxylation is 2. The van der Waals surface area contributed by atoms with Crippen LogP contribution in [0.25, 0.3) is 0 Å². The molecule has 0 saturated carbocycles. The van der Waals surface area contributed by atoms with Gasteiger partial charge in [0.15, 0.2) is 0 Å². The Balaban J connectivity index is 2.03. The van der Waals surface area contributed by atoms with Crippen LogP contribution in [-0.2, 0) is 16.4 Å². The molecule has 5 nitrogen and oxygen atoms in total. The number of halogens is 1. The second kappa shape index (κ2) is 7.85. The Bertz CT molecular complexity index is 1020. The number of anilines is 1. The fraction of sp³-hybridized carbons (Fsp3) is 0.381. The Morgan fingerprint density at radius 3 is 2.57 bits per heavy atom. The normalized spacial score (nSPS) is 14.5. The minimum absolute atomic E-state index is 0.0672. The summed E-state index contributed by atoms with van der Waals surface area (Å²) in [4.78, 5) is 15.0. The Kier molecular flexibility index (Phi) is 5.84. The molecular weight excluding hydrogens is 396 g/mol. The highest BCUT2D eigenvalue weighted by Crippen LogP contribution is 2.31. The molecule has 28 heavy (non-hydrogen) atoms. The number of hydrogen-bond donors (Lipinski definition) is 0. The van der Waals surface area contributed by atoms with Gasteiger partial charge < -0.3 is 4.90 Å². The molecule has 150 valence electrons. The van der Waals surface area contributed by atoms with E-state index in [1.807, 2.05) is 19.1 Å². The second-order valence-electron chi connectivity index (χ2n) is 7.45. The van der Waals surface area contributed by atoms with Crippen LogP contribution in [0, 0.1) is 6.92 Å². The van der Waals surface area contributed by atoms with Crippen LogP contribution in [0.5, 0.6) is 0 Å². The lowest BCUT2D eigenvalue weighted by Crippen LogP contribution is -2.36. The molecular formula is C21H25ClN2O3S. The van der Waals surface area contributed by atoms with Gasteiger partial charge in [-0.05, 0) is 63.4 Å². The Morgan fingerprint density at radius 2 is 1.89 bits per heavy atom. The molecule has 1 heterocycles. The lowest BCUT2D eigenvalue weighted by molar-refractivity contribution is 0.0985. The lowest BCUT2D eigenvalue weighted by Gasteiger charge is -2.30. The summed E-state index contributed by atoms with van der Waals surface area (Å²) < 4.78 is 26.9. The van der Waals surface area contributed by atoms with Gasteiger partial charge in [-0.1, -0.05) is 29.3 Å². The molecule has 1 aliphatic heterocycles. The second-order valence-corrected chi connectivity index (χ2v) is 9.85. The summed E-state index contributed by atoms with van der Waals surface area (Å²) in [5.41, 5.74) is 3.34. The fourth-order valence-electron chi connectivity index (χ4n) is 3.35. The average Bonchev–Trinajstić information content (AvgIpc) is 2.66. The van der Waals surface area contributed by atoms with E-state index in [1.54, 1.807) is 18.7 Å². The molecule has 0 aromatic heterocycles. The zero-order valence-corrected chi connectivity index (χ0v) is 18.1. The average molecular weight is 421 g/mol. The summed E-state index contributed by atoms with van der Waals surface area (Å²) in [6.45, 7) is 6.20. The van der Waals surface area contributed by atoms with Crippen molar-refractivity contribution in [1.82, 2.24) is 4.31 Å². The van der Waals surface area contributed by atoms with Crippen LogP contribution in [0.2, 0.25) is 5.02 Å². The zero-order chi connectivity index (χ0) is 20.6. The number of rotatable bonds is 4. The molecule has 2 aromatic rings. The van der Waals surface area contributed by atoms with E-state index >= 15 is 0 Å². The van der Waals surface area contributed by atoms with Gasteiger partial charge in [0.05, 0.1) is 15.5 Å². The van der Waals surface area contributed by atoms with Crippen LogP contribution >= 0.6 is 11.6 Å². The van der Waals surface area contributed by atoms with E-state index in [-0.39, 0.29) is 27.4 Å². The lowest BCUT2D eigenvalue weighted by atomic mass is 9.99. The predicted octanol–water partition coefficient (Wildman–Crippen LogP) is 4.27. The van der Waals surface area contributed by atoms with Gasteiger partial charge in [0.1, 0.15) is 0 Å². The molecule has 0 aliphatic carbocycles. The summed E-state index contributed by atoms with van der Waals surface area (Å²) >= 11 is 6.30. The van der Waals surface area contributed by atoms with E-state index in [0.717, 1.165) is 29.7 Å². The number of nitrogens with zero attached hydrogens (tertiary/aromatic N) is 2. The van der Waals surface area contributed by atoms with Crippen molar-refractivity contribution in [2.24, 2.45) is 0 Å². The number of benzene rings is 2. The topological polar surface area (TPSA) is 57.7 Å². The van der Waals surface area contributed by atoms with Crippen molar-refractivity contribution in [2.75, 3.05) is 18.5 Å². The Labute approximate surface area is 172 Å². The maximum absolute atomic E-state index is 13.3. The molecule has 0 N–H and O–H groups in total. The maximum Gasteiger partial charge on any atom is 0.259 e. The summed E-state index contributed by atoms with van der Waals surface area (Å²) in [6.07, 6.45) is 1.77. The van der Waals surface area contributed by atoms with E-state index in [0.29, 0.717) is 6.54 Å². The van der Waals surface area contributed by atoms with E-state index in [2.05, 4.69) is 6.07 Å². The molecule has 0 bridgehead atoms. The van der Waals surface area contributed by atoms with Crippen molar-refractivity contribution in [2.45, 2.75) is 44.6 Å². The molecule has 0 fully saturated rings. The van der Waals surface area contributed by atoms with Crippen molar-refractivity contribution in [3.05, 3.63) is 58.1 Å². The van der Waals surface area contributed by atoms with Gasteiger partial charge in [0.25, 0.3) is 5.91 Å². The number of carbonyl (C=O) groups is 1. The summed E-state index contributed by atoms with van der Waals surface area (Å²) in [7, 11) is -2.18. The van der Waals surface area contributed by atoms with Crippen LogP contribution in [0.4, 0.5) is 5.69 Å². The van der Waals surface area contributed by atoms with Gasteiger partial charge in [-0.2, -0.15) is 4.31 Å². The van der Waals surface area contributed by atoms with Gasteiger partial charge in [-0.15, -0.1) is 0 Å². The number of fused-ring (bicyclic) bond motifs is 1. The molecule has 0 saturated heterocycles. The molecule has 3 rings (SSSR count). The van der Waals surface area contributed by atoms with Crippen LogP contribution in [0.15, 0.2) is 41.3 Å². The number of sulfonamides is 1. The summed E-state index contributed by atoms with van der Waals surface area (Å²) in [5, 5.41) is 0.246. The van der Waals surface area contributed by atoms with Gasteiger partial charge in [-0.25, -0.2) is 8.42 Å². The van der Waals surface area contributed by atoms with Gasteiger partial charge in [0.2, 0.25) is 10.0 Å². The smallest absolute Gasteiger partial charge is 0.259 e. The highest BCUT2D eigenvalue weighted by atomic mass is 35.5. The Morgan fingerprint density at radius 1 is 1.18 bits per heavy atom. The van der Waals surface area contributed by atoms with Crippen molar-refractivity contribution < 1.29 is 13.2 Å². The Hall–Kier alpha value is -1.89. The standard InChI is InChI=1S/C21H25ClN2O3S/c1-14(2)23(4)28(26,27)17-8-9-19(22)18(13-17)21(25)24-11-5-6-16-12-15(3)7-10-20(16)24/h7-10,12-14H,5-6,11H2,1-4H3. The van der Waals surface area contributed by atoms with Crippen molar-refractivity contribution in [3.63, 3.8) is 0 Å². The monoisotopic (exact) mass is 420 g/mol. The highest BCUT2D eigenvalue weighted by molar-refractivity contribution is 7.89. The minimum atomic E-state index is -3.70. The van der Waals surface area contributed by atoms with Crippen molar-refractivity contribution in [3.8, 4) is 0 Å². The molecule has 0 unspecified atom stereocenters. The molecule has 0 spiro atoms. The molecule has 1 amide bonds. The number of hydrogen-bond acceptors (Lipinski definition) is 3. The van der Waals surface area contributed by atoms with Gasteiger partial charge in [0, 0.05) is 25.3 Å². The first-order valence-corrected chi connectivity index (χ1v) is 11.1. The minimum Gasteiger partial charge on any atom is -0.308 e. The van der Waals surface area contributed by atoms with Crippen LogP contribution in [0.3, 0.4) is 0 Å². The third kappa shape index (κ3) is 3.81. The van der Waals surface area contributed by atoms with Crippen molar-refractivity contribution in [1.29, 1.82) is 0 Å². The summed E-state index contributed by atoms with van der Waals surface area (Å²) in [6, 6.07) is 10.1. The molecule has 0 radical (unpaired) electrons. The quantitative estimate of drug-likeness (QED) is 0.742. The summed E-state index contributed by atoms with van der Waals surface area (Å²) in [5.74, 6) is -0.279. The van der Waals surface area contributed by atoms with Crippen LogP contribution < -0.4 is 4.90 Å². The van der Waals surface area contributed by atoms with E-state index in [4.69, 9.17) is 11.6 Å².